The minimum absolute atomic E-state index is 0.236. The van der Waals surface area contributed by atoms with Crippen molar-refractivity contribution >= 4 is 17.3 Å². The fourth-order valence-electron chi connectivity index (χ4n) is 3.75. The van der Waals surface area contributed by atoms with Crippen molar-refractivity contribution in [3.8, 4) is 5.75 Å². The Morgan fingerprint density at radius 3 is 2.60 bits per heavy atom. The molecule has 1 unspecified atom stereocenters. The van der Waals surface area contributed by atoms with E-state index in [0.29, 0.717) is 17.0 Å². The fraction of sp³-hybridized carbons (Fsp3) is 0.333. The first-order chi connectivity index (χ1) is 14.3. The number of halogens is 3. The van der Waals surface area contributed by atoms with Crippen molar-refractivity contribution < 1.29 is 38.1 Å². The number of fused-ring (bicyclic) bond motifs is 4. The number of anilines is 1. The Morgan fingerprint density at radius 1 is 1.10 bits per heavy atom. The van der Waals surface area contributed by atoms with Crippen LogP contribution in [0.25, 0.3) is 11.6 Å². The molecular weight excluding hydrogens is 403 g/mol. The minimum atomic E-state index is -4.82. The maximum absolute atomic E-state index is 13.0. The van der Waals surface area contributed by atoms with Crippen LogP contribution in [0.4, 0.5) is 18.9 Å². The Bertz CT molecular complexity index is 962. The lowest BCUT2D eigenvalue weighted by Crippen LogP contribution is -2.39. The number of alkyl halides is 3. The first-order valence-corrected chi connectivity index (χ1v) is 9.35. The summed E-state index contributed by atoms with van der Waals surface area (Å²) in [5.41, 5.74) is 3.42. The molecule has 0 saturated carbocycles. The monoisotopic (exact) mass is 423 g/mol. The molecule has 0 aromatic heterocycles. The average Bonchev–Trinajstić information content (AvgIpc) is 3.01. The lowest BCUT2D eigenvalue weighted by molar-refractivity contribution is -0.331. The van der Waals surface area contributed by atoms with Gasteiger partial charge in [0, 0.05) is 12.0 Å². The number of nitrogens with zero attached hydrogens (tertiary/aromatic N) is 1. The summed E-state index contributed by atoms with van der Waals surface area (Å²) >= 11 is 0. The molecule has 1 heterocycles. The van der Waals surface area contributed by atoms with Gasteiger partial charge in [0.15, 0.2) is 0 Å². The Labute approximate surface area is 170 Å². The van der Waals surface area contributed by atoms with E-state index in [-0.39, 0.29) is 13.0 Å². The molecule has 2 aromatic carbocycles. The van der Waals surface area contributed by atoms with Gasteiger partial charge >= 0.3 is 6.36 Å². The highest BCUT2D eigenvalue weighted by atomic mass is 19.4. The van der Waals surface area contributed by atoms with Gasteiger partial charge in [-0.3, -0.25) is 0 Å². The Balaban J connectivity index is 1.60. The minimum Gasteiger partial charge on any atom is -0.491 e. The fourth-order valence-corrected chi connectivity index (χ4v) is 3.75. The van der Waals surface area contributed by atoms with Crippen molar-refractivity contribution in [3.63, 3.8) is 0 Å². The van der Waals surface area contributed by atoms with E-state index >= 15 is 0 Å². The van der Waals surface area contributed by atoms with Crippen LogP contribution in [0.2, 0.25) is 0 Å². The second kappa shape index (κ2) is 7.92. The van der Waals surface area contributed by atoms with Crippen LogP contribution in [0.1, 0.15) is 16.7 Å². The maximum Gasteiger partial charge on any atom is 0.544 e. The smallest absolute Gasteiger partial charge is 0.491 e. The largest absolute Gasteiger partial charge is 0.544 e. The lowest BCUT2D eigenvalue weighted by atomic mass is 9.87. The first-order valence-electron chi connectivity index (χ1n) is 9.35. The number of hydroxylamine groups is 1. The van der Waals surface area contributed by atoms with Gasteiger partial charge in [-0.25, -0.2) is 5.06 Å². The van der Waals surface area contributed by atoms with E-state index in [1.54, 1.807) is 42.5 Å². The van der Waals surface area contributed by atoms with Crippen molar-refractivity contribution in [2.75, 3.05) is 18.3 Å². The first kappa shape index (κ1) is 20.7. The summed E-state index contributed by atoms with van der Waals surface area (Å²) in [6.45, 7) is -0.834. The molecule has 9 heteroatoms. The topological polar surface area (TPSA) is 82.4 Å². The number of benzene rings is 2. The molecular formula is C21H20F3NO5. The molecule has 0 fully saturated rings. The molecule has 2 aliphatic rings. The van der Waals surface area contributed by atoms with E-state index in [1.165, 1.54) is 0 Å². The Morgan fingerprint density at radius 2 is 1.87 bits per heavy atom. The molecule has 0 spiro atoms. The number of para-hydroxylation sites is 1. The molecule has 0 bridgehead atoms. The van der Waals surface area contributed by atoms with Crippen LogP contribution >= 0.6 is 0 Å². The number of ether oxygens (including phenoxy) is 1. The van der Waals surface area contributed by atoms with E-state index in [9.17, 15) is 23.4 Å². The van der Waals surface area contributed by atoms with Gasteiger partial charge in [-0.1, -0.05) is 24.3 Å². The number of rotatable bonds is 6. The van der Waals surface area contributed by atoms with Gasteiger partial charge in [-0.15, -0.1) is 13.2 Å². The molecule has 0 amide bonds. The van der Waals surface area contributed by atoms with Crippen molar-refractivity contribution in [1.82, 2.24) is 0 Å². The summed E-state index contributed by atoms with van der Waals surface area (Å²) in [6.07, 6.45) is -5.30. The average molecular weight is 423 g/mol. The SMILES string of the molecule is OC[C@@H](O)[C@H](O)COc1ccc2c(c1)CC1C(=C2)c2ccccc2N1OC(F)(F)F. The zero-order chi connectivity index (χ0) is 21.5. The van der Waals surface area contributed by atoms with Crippen molar-refractivity contribution in [3.05, 3.63) is 59.2 Å². The van der Waals surface area contributed by atoms with E-state index in [1.807, 2.05) is 6.08 Å². The molecule has 2 aromatic rings. The maximum atomic E-state index is 13.0. The molecule has 4 rings (SSSR count). The van der Waals surface area contributed by atoms with Crippen molar-refractivity contribution in [2.45, 2.75) is 31.0 Å². The highest BCUT2D eigenvalue weighted by molar-refractivity contribution is 5.97. The number of hydrogen-bond donors (Lipinski definition) is 3. The molecule has 1 aliphatic carbocycles. The molecule has 30 heavy (non-hydrogen) atoms. The molecule has 3 N–H and O–H groups in total. The van der Waals surface area contributed by atoms with Gasteiger partial charge < -0.3 is 20.1 Å². The predicted molar refractivity (Wildman–Crippen MR) is 102 cm³/mol. The second-order valence-corrected chi connectivity index (χ2v) is 7.19. The summed E-state index contributed by atoms with van der Waals surface area (Å²) in [5, 5.41) is 28.9. The van der Waals surface area contributed by atoms with Crippen LogP contribution in [0.15, 0.2) is 42.5 Å². The number of aliphatic hydroxyl groups excluding tert-OH is 3. The number of aliphatic hydroxyl groups is 3. The van der Waals surface area contributed by atoms with Crippen LogP contribution in [0, 0.1) is 0 Å². The number of hydrogen-bond acceptors (Lipinski definition) is 6. The Hall–Kier alpha value is -2.59. The molecule has 0 radical (unpaired) electrons. The summed E-state index contributed by atoms with van der Waals surface area (Å²) in [7, 11) is 0. The summed E-state index contributed by atoms with van der Waals surface area (Å²) < 4.78 is 44.5. The highest BCUT2D eigenvalue weighted by Crippen LogP contribution is 2.47. The van der Waals surface area contributed by atoms with Gasteiger partial charge in [0.25, 0.3) is 0 Å². The van der Waals surface area contributed by atoms with Crippen molar-refractivity contribution in [2.24, 2.45) is 0 Å². The quantitative estimate of drug-likeness (QED) is 0.663. The molecule has 160 valence electrons. The van der Waals surface area contributed by atoms with Gasteiger partial charge in [0.2, 0.25) is 0 Å². The Kier molecular flexibility index (Phi) is 5.46. The van der Waals surface area contributed by atoms with E-state index in [2.05, 4.69) is 4.84 Å². The summed E-state index contributed by atoms with van der Waals surface area (Å²) in [4.78, 5) is 4.33. The molecule has 1 aliphatic heterocycles. The van der Waals surface area contributed by atoms with E-state index < -0.39 is 31.2 Å². The van der Waals surface area contributed by atoms with Crippen LogP contribution in [-0.2, 0) is 11.3 Å². The zero-order valence-corrected chi connectivity index (χ0v) is 15.7. The van der Waals surface area contributed by atoms with Gasteiger partial charge in [0.1, 0.15) is 24.6 Å². The third kappa shape index (κ3) is 4.01. The summed E-state index contributed by atoms with van der Waals surface area (Å²) in [5.74, 6) is 0.397. The second-order valence-electron chi connectivity index (χ2n) is 7.19. The third-order valence-corrected chi connectivity index (χ3v) is 5.19. The van der Waals surface area contributed by atoms with Crippen LogP contribution < -0.4 is 9.80 Å². The van der Waals surface area contributed by atoms with Gasteiger partial charge in [0.05, 0.1) is 18.3 Å². The molecule has 0 saturated heterocycles. The van der Waals surface area contributed by atoms with Crippen LogP contribution in [-0.4, -0.2) is 53.1 Å². The van der Waals surface area contributed by atoms with Crippen LogP contribution in [0.3, 0.4) is 0 Å². The zero-order valence-electron chi connectivity index (χ0n) is 15.7. The predicted octanol–water partition coefficient (Wildman–Crippen LogP) is 2.52. The summed E-state index contributed by atoms with van der Waals surface area (Å²) in [6, 6.07) is 11.3. The van der Waals surface area contributed by atoms with Crippen LogP contribution in [0.5, 0.6) is 5.75 Å². The third-order valence-electron chi connectivity index (χ3n) is 5.19. The van der Waals surface area contributed by atoms with E-state index in [0.717, 1.165) is 21.8 Å². The molecule has 6 nitrogen and oxygen atoms in total. The lowest BCUT2D eigenvalue weighted by Gasteiger charge is -2.30. The van der Waals surface area contributed by atoms with E-state index in [4.69, 9.17) is 9.84 Å². The van der Waals surface area contributed by atoms with Gasteiger partial charge in [-0.2, -0.15) is 4.84 Å². The normalized spacial score (nSPS) is 19.5. The van der Waals surface area contributed by atoms with Gasteiger partial charge in [-0.05, 0) is 41.0 Å². The molecule has 3 atom stereocenters. The standard InChI is InChI=1S/C21H20F3NO5/c22-21(23,24)30-25-17-4-2-1-3-15(17)16-8-12-5-6-14(7-13(12)9-18(16)25)29-11-20(28)19(27)10-26/h1-8,18-20,26-28H,9-11H2/t18?,19-,20-/m1/s1. The highest BCUT2D eigenvalue weighted by Gasteiger charge is 2.43. The van der Waals surface area contributed by atoms with Crippen molar-refractivity contribution in [1.29, 1.82) is 0 Å².